The zero-order valence-electron chi connectivity index (χ0n) is 24.4. The molecule has 9 heteroatoms. The van der Waals surface area contributed by atoms with E-state index >= 15 is 0 Å². The third kappa shape index (κ3) is 5.17. The molecule has 1 atom stereocenters. The molecule has 44 heavy (non-hydrogen) atoms. The van der Waals surface area contributed by atoms with Gasteiger partial charge in [-0.3, -0.25) is 9.59 Å². The summed E-state index contributed by atoms with van der Waals surface area (Å²) >= 11 is 0. The number of phenolic OH excluding ortho intramolecular Hbond substituents is 1. The number of hydrogen-bond donors (Lipinski definition) is 1. The topological polar surface area (TPSA) is 114 Å². The van der Waals surface area contributed by atoms with E-state index in [-0.39, 0.29) is 34.5 Å². The van der Waals surface area contributed by atoms with E-state index in [1.165, 1.54) is 26.5 Å². The van der Waals surface area contributed by atoms with Gasteiger partial charge in [-0.25, -0.2) is 0 Å². The molecule has 0 bridgehead atoms. The highest BCUT2D eigenvalue weighted by Gasteiger charge is 2.36. The van der Waals surface area contributed by atoms with Gasteiger partial charge in [0.05, 0.1) is 39.9 Å². The van der Waals surface area contributed by atoms with Gasteiger partial charge in [0.2, 0.25) is 5.43 Å². The van der Waals surface area contributed by atoms with Crippen LogP contribution in [0.1, 0.15) is 29.0 Å². The van der Waals surface area contributed by atoms with Crippen molar-refractivity contribution in [3.8, 4) is 45.6 Å². The van der Waals surface area contributed by atoms with Gasteiger partial charge in [0.25, 0.3) is 0 Å². The number of esters is 1. The fourth-order valence-corrected chi connectivity index (χ4v) is 5.64. The van der Waals surface area contributed by atoms with Gasteiger partial charge >= 0.3 is 5.97 Å². The molecule has 1 N–H and O–H groups in total. The number of rotatable bonds is 9. The van der Waals surface area contributed by atoms with E-state index in [1.54, 1.807) is 31.4 Å². The minimum Gasteiger partial charge on any atom is -0.507 e. The molecule has 1 aromatic heterocycles. The molecule has 0 radical (unpaired) electrons. The zero-order chi connectivity index (χ0) is 30.8. The van der Waals surface area contributed by atoms with E-state index < -0.39 is 17.3 Å². The number of methoxy groups -OCH3 is 3. The zero-order valence-corrected chi connectivity index (χ0v) is 24.4. The molecule has 0 saturated carbocycles. The van der Waals surface area contributed by atoms with Crippen molar-refractivity contribution in [3.63, 3.8) is 0 Å². The lowest BCUT2D eigenvalue weighted by Crippen LogP contribution is -2.22. The van der Waals surface area contributed by atoms with Crippen LogP contribution in [0.3, 0.4) is 0 Å². The van der Waals surface area contributed by atoms with Gasteiger partial charge in [0, 0.05) is 29.5 Å². The van der Waals surface area contributed by atoms with Crippen LogP contribution in [0.15, 0.2) is 88.3 Å². The molecule has 1 aliphatic rings. The maximum absolute atomic E-state index is 13.9. The van der Waals surface area contributed by atoms with Crippen LogP contribution < -0.4 is 29.1 Å². The molecule has 9 nitrogen and oxygen atoms in total. The average molecular weight is 595 g/mol. The molecule has 4 aromatic carbocycles. The Morgan fingerprint density at radius 1 is 0.864 bits per heavy atom. The van der Waals surface area contributed by atoms with Crippen LogP contribution in [0.4, 0.5) is 0 Å². The summed E-state index contributed by atoms with van der Waals surface area (Å²) in [6.45, 7) is 0.363. The number of carbonyl (C=O) groups excluding carboxylic acids is 1. The van der Waals surface area contributed by atoms with Crippen LogP contribution >= 0.6 is 0 Å². The number of hydrogen-bond acceptors (Lipinski definition) is 9. The summed E-state index contributed by atoms with van der Waals surface area (Å²) in [4.78, 5) is 26.7. The van der Waals surface area contributed by atoms with Gasteiger partial charge in [-0.15, -0.1) is 0 Å². The van der Waals surface area contributed by atoms with E-state index in [0.29, 0.717) is 52.7 Å². The molecular weight excluding hydrogens is 564 g/mol. The molecule has 0 aliphatic carbocycles. The number of para-hydroxylation sites is 1. The first-order chi connectivity index (χ1) is 21.4. The monoisotopic (exact) mass is 594 g/mol. The van der Waals surface area contributed by atoms with Crippen LogP contribution in [-0.4, -0.2) is 39.0 Å². The van der Waals surface area contributed by atoms with Crippen LogP contribution in [0, 0.1) is 0 Å². The van der Waals surface area contributed by atoms with Crippen molar-refractivity contribution in [3.05, 3.63) is 106 Å². The Labute approximate surface area is 253 Å². The Kier molecular flexibility index (Phi) is 7.85. The molecule has 0 fully saturated rings. The molecule has 0 saturated heterocycles. The summed E-state index contributed by atoms with van der Waals surface area (Å²) in [5.41, 5.74) is 2.61. The summed E-state index contributed by atoms with van der Waals surface area (Å²) in [7, 11) is 4.57. The second kappa shape index (κ2) is 12.0. The van der Waals surface area contributed by atoms with Gasteiger partial charge in [-0.2, -0.15) is 0 Å². The first-order valence-electron chi connectivity index (χ1n) is 14.0. The number of aromatic hydroxyl groups is 1. The second-order valence-corrected chi connectivity index (χ2v) is 10.3. The highest BCUT2D eigenvalue weighted by atomic mass is 16.5. The van der Waals surface area contributed by atoms with Crippen molar-refractivity contribution in [2.24, 2.45) is 0 Å². The van der Waals surface area contributed by atoms with Gasteiger partial charge in [0.15, 0.2) is 23.0 Å². The lowest BCUT2D eigenvalue weighted by atomic mass is 9.84. The summed E-state index contributed by atoms with van der Waals surface area (Å²) in [5.74, 6) is 0.532. The smallest absolute Gasteiger partial charge is 0.312 e. The van der Waals surface area contributed by atoms with Crippen molar-refractivity contribution in [2.75, 3.05) is 27.9 Å². The fraction of sp³-hybridized carbons (Fsp3) is 0.200. The predicted octanol–water partition coefficient (Wildman–Crippen LogP) is 6.25. The Bertz CT molecular complexity index is 1910. The van der Waals surface area contributed by atoms with E-state index in [2.05, 4.69) is 0 Å². The maximum atomic E-state index is 13.9. The normalized spacial score (nSPS) is 14.1. The Balaban J connectivity index is 1.47. The van der Waals surface area contributed by atoms with Crippen LogP contribution in [0.2, 0.25) is 0 Å². The standard InChI is InChI=1S/C35H30O9/c1-39-26-13-12-21(16-28(26)41-3)24-19-43-35-31-23(17-30(37)44-29(31)18-25(36)32(35)33(24)38)22-10-7-11-27(40-2)34(22)42-15-14-20-8-5-4-6-9-20/h4-13,16,18-19,23,36H,14-15,17H2,1-3H3/t23-/m0/s1. The summed E-state index contributed by atoms with van der Waals surface area (Å²) in [5, 5.41) is 11.0. The molecule has 1 aliphatic heterocycles. The Hall–Kier alpha value is -5.44. The second-order valence-electron chi connectivity index (χ2n) is 10.3. The van der Waals surface area contributed by atoms with Crippen molar-refractivity contribution < 1.29 is 38.0 Å². The highest BCUT2D eigenvalue weighted by Crippen LogP contribution is 2.49. The van der Waals surface area contributed by atoms with Crippen molar-refractivity contribution in [1.82, 2.24) is 0 Å². The Morgan fingerprint density at radius 3 is 2.39 bits per heavy atom. The molecule has 6 rings (SSSR count). The number of fused-ring (bicyclic) bond motifs is 3. The molecule has 5 aromatic rings. The van der Waals surface area contributed by atoms with Crippen LogP contribution in [0.5, 0.6) is 34.5 Å². The molecule has 0 spiro atoms. The van der Waals surface area contributed by atoms with Crippen LogP contribution in [0.25, 0.3) is 22.1 Å². The lowest BCUT2D eigenvalue weighted by molar-refractivity contribution is -0.135. The first kappa shape index (κ1) is 28.7. The van der Waals surface area contributed by atoms with Crippen molar-refractivity contribution >= 4 is 16.9 Å². The summed E-state index contributed by atoms with van der Waals surface area (Å²) < 4.78 is 34.3. The minimum atomic E-state index is -0.619. The van der Waals surface area contributed by atoms with Crippen molar-refractivity contribution in [2.45, 2.75) is 18.8 Å². The molecule has 224 valence electrons. The van der Waals surface area contributed by atoms with E-state index in [4.69, 9.17) is 28.1 Å². The number of phenols is 1. The summed E-state index contributed by atoms with van der Waals surface area (Å²) in [6, 6.07) is 21.7. The molecular formula is C35H30O9. The SMILES string of the molecule is COc1ccc(-c2coc3c4c(cc(O)c3c2=O)OC(=O)C[C@H]4c2cccc(OC)c2OCCc2ccccc2)cc1OC. The third-order valence-corrected chi connectivity index (χ3v) is 7.75. The maximum Gasteiger partial charge on any atom is 0.312 e. The van der Waals surface area contributed by atoms with Crippen molar-refractivity contribution in [1.29, 1.82) is 0 Å². The molecule has 0 amide bonds. The van der Waals surface area contributed by atoms with E-state index in [9.17, 15) is 14.7 Å². The average Bonchev–Trinajstić information content (AvgIpc) is 3.04. The number of benzene rings is 4. The predicted molar refractivity (Wildman–Crippen MR) is 163 cm³/mol. The fourth-order valence-electron chi connectivity index (χ4n) is 5.64. The third-order valence-electron chi connectivity index (χ3n) is 7.75. The molecule has 2 heterocycles. The molecule has 0 unspecified atom stereocenters. The van der Waals surface area contributed by atoms with Crippen LogP contribution in [-0.2, 0) is 11.2 Å². The van der Waals surface area contributed by atoms with Gasteiger partial charge < -0.3 is 33.2 Å². The lowest BCUT2D eigenvalue weighted by Gasteiger charge is -2.28. The van der Waals surface area contributed by atoms with E-state index in [1.807, 2.05) is 42.5 Å². The van der Waals surface area contributed by atoms with E-state index in [0.717, 1.165) is 5.56 Å². The number of carbonyl (C=O) groups is 1. The number of ether oxygens (including phenoxy) is 5. The first-order valence-corrected chi connectivity index (χ1v) is 14.0. The largest absolute Gasteiger partial charge is 0.507 e. The Morgan fingerprint density at radius 2 is 1.64 bits per heavy atom. The highest BCUT2D eigenvalue weighted by molar-refractivity contribution is 5.94. The quantitative estimate of drug-likeness (QED) is 0.156. The summed E-state index contributed by atoms with van der Waals surface area (Å²) in [6.07, 6.45) is 1.95. The van der Waals surface area contributed by atoms with Gasteiger partial charge in [-0.1, -0.05) is 48.5 Å². The van der Waals surface area contributed by atoms with Gasteiger partial charge in [0.1, 0.15) is 28.7 Å². The van der Waals surface area contributed by atoms with Gasteiger partial charge in [-0.05, 0) is 29.3 Å². The minimum absolute atomic E-state index is 0.0339.